The van der Waals surface area contributed by atoms with E-state index >= 15 is 0 Å². The Labute approximate surface area is 115 Å². The summed E-state index contributed by atoms with van der Waals surface area (Å²) in [5, 5.41) is 3.14. The summed E-state index contributed by atoms with van der Waals surface area (Å²) in [6.07, 6.45) is 0.146. The molecule has 1 aromatic carbocycles. The number of likely N-dealkylation sites (N-methyl/N-ethyl adjacent to an activating group) is 1. The zero-order valence-electron chi connectivity index (χ0n) is 12.3. The Morgan fingerprint density at radius 2 is 2.00 bits per heavy atom. The van der Waals surface area contributed by atoms with Crippen LogP contribution in [-0.2, 0) is 4.79 Å². The average Bonchev–Trinajstić information content (AvgIpc) is 2.37. The summed E-state index contributed by atoms with van der Waals surface area (Å²) in [6.45, 7) is 9.75. The van der Waals surface area contributed by atoms with Crippen molar-refractivity contribution >= 4 is 11.6 Å². The molecule has 19 heavy (non-hydrogen) atoms. The van der Waals surface area contributed by atoms with Crippen LogP contribution in [0.5, 0.6) is 5.75 Å². The van der Waals surface area contributed by atoms with Gasteiger partial charge in [-0.1, -0.05) is 6.07 Å². The van der Waals surface area contributed by atoms with Crippen molar-refractivity contribution in [3.63, 3.8) is 0 Å². The van der Waals surface area contributed by atoms with Crippen LogP contribution in [0.2, 0.25) is 0 Å². The molecule has 1 rings (SSSR count). The number of benzene rings is 1. The lowest BCUT2D eigenvalue weighted by molar-refractivity contribution is -0.128. The van der Waals surface area contributed by atoms with Crippen LogP contribution in [-0.4, -0.2) is 36.5 Å². The highest BCUT2D eigenvalue weighted by atomic mass is 16.5. The number of amides is 1. The number of nitrogens with one attached hydrogen (secondary N) is 1. The molecule has 1 aromatic rings. The highest BCUT2D eigenvalue weighted by Gasteiger charge is 2.08. The quantitative estimate of drug-likeness (QED) is 0.823. The van der Waals surface area contributed by atoms with Gasteiger partial charge in [-0.15, -0.1) is 0 Å². The minimum Gasteiger partial charge on any atom is -0.491 e. The molecule has 1 N–H and O–H groups in total. The number of carbonyl (C=O) groups excluding carboxylic acids is 1. The lowest BCUT2D eigenvalue weighted by Crippen LogP contribution is -2.35. The SMILES string of the molecule is CCN(CC)C(=O)CNc1cccc(OC(C)C)c1. The van der Waals surface area contributed by atoms with Crippen molar-refractivity contribution in [2.45, 2.75) is 33.8 Å². The third kappa shape index (κ3) is 5.20. The number of nitrogens with zero attached hydrogens (tertiary/aromatic N) is 1. The molecule has 0 saturated heterocycles. The summed E-state index contributed by atoms with van der Waals surface area (Å²) in [4.78, 5) is 13.7. The molecule has 4 nitrogen and oxygen atoms in total. The maximum absolute atomic E-state index is 11.9. The maximum Gasteiger partial charge on any atom is 0.241 e. The molecule has 0 fully saturated rings. The molecule has 0 aromatic heterocycles. The standard InChI is InChI=1S/C15H24N2O2/c1-5-17(6-2)15(18)11-16-13-8-7-9-14(10-13)19-12(3)4/h7-10,12,16H,5-6,11H2,1-4H3. The van der Waals surface area contributed by atoms with E-state index < -0.39 is 0 Å². The molecule has 106 valence electrons. The van der Waals surface area contributed by atoms with Crippen LogP contribution in [0.3, 0.4) is 0 Å². The zero-order chi connectivity index (χ0) is 14.3. The highest BCUT2D eigenvalue weighted by Crippen LogP contribution is 2.18. The normalized spacial score (nSPS) is 10.4. The molecular formula is C15H24N2O2. The van der Waals surface area contributed by atoms with Crippen molar-refractivity contribution in [2.75, 3.05) is 25.0 Å². The predicted octanol–water partition coefficient (Wildman–Crippen LogP) is 2.75. The second kappa shape index (κ2) is 7.67. The largest absolute Gasteiger partial charge is 0.491 e. The van der Waals surface area contributed by atoms with Crippen LogP contribution in [0.4, 0.5) is 5.69 Å². The first-order valence-electron chi connectivity index (χ1n) is 6.85. The number of hydrogen-bond acceptors (Lipinski definition) is 3. The molecule has 0 atom stereocenters. The van der Waals surface area contributed by atoms with Gasteiger partial charge in [0.25, 0.3) is 0 Å². The fourth-order valence-corrected chi connectivity index (χ4v) is 1.82. The van der Waals surface area contributed by atoms with E-state index in [0.717, 1.165) is 24.5 Å². The predicted molar refractivity (Wildman–Crippen MR) is 78.6 cm³/mol. The van der Waals surface area contributed by atoms with Gasteiger partial charge in [0.2, 0.25) is 5.91 Å². The fraction of sp³-hybridized carbons (Fsp3) is 0.533. The second-order valence-corrected chi connectivity index (χ2v) is 4.61. The summed E-state index contributed by atoms with van der Waals surface area (Å²) in [7, 11) is 0. The Morgan fingerprint density at radius 1 is 1.32 bits per heavy atom. The third-order valence-corrected chi connectivity index (χ3v) is 2.77. The maximum atomic E-state index is 11.9. The molecule has 0 aliphatic rings. The van der Waals surface area contributed by atoms with Gasteiger partial charge in [0.1, 0.15) is 5.75 Å². The topological polar surface area (TPSA) is 41.6 Å². The first-order chi connectivity index (χ1) is 9.06. The van der Waals surface area contributed by atoms with Crippen molar-refractivity contribution in [3.05, 3.63) is 24.3 Å². The van der Waals surface area contributed by atoms with Crippen molar-refractivity contribution in [1.29, 1.82) is 0 Å². The Hall–Kier alpha value is -1.71. The smallest absolute Gasteiger partial charge is 0.241 e. The van der Waals surface area contributed by atoms with E-state index in [0.29, 0.717) is 6.54 Å². The van der Waals surface area contributed by atoms with Crippen LogP contribution < -0.4 is 10.1 Å². The summed E-state index contributed by atoms with van der Waals surface area (Å²) >= 11 is 0. The van der Waals surface area contributed by atoms with Crippen LogP contribution >= 0.6 is 0 Å². The van der Waals surface area contributed by atoms with Crippen molar-refractivity contribution in [1.82, 2.24) is 4.90 Å². The van der Waals surface area contributed by atoms with Gasteiger partial charge in [0, 0.05) is 24.8 Å². The van der Waals surface area contributed by atoms with Gasteiger partial charge < -0.3 is 15.0 Å². The molecule has 0 saturated carbocycles. The third-order valence-electron chi connectivity index (χ3n) is 2.77. The minimum absolute atomic E-state index is 0.111. The van der Waals surface area contributed by atoms with E-state index in [9.17, 15) is 4.79 Å². The van der Waals surface area contributed by atoms with E-state index in [2.05, 4.69) is 5.32 Å². The first kappa shape index (κ1) is 15.3. The van der Waals surface area contributed by atoms with Gasteiger partial charge in [-0.2, -0.15) is 0 Å². The van der Waals surface area contributed by atoms with E-state index in [4.69, 9.17) is 4.74 Å². The highest BCUT2D eigenvalue weighted by molar-refractivity contribution is 5.80. The lowest BCUT2D eigenvalue weighted by atomic mass is 10.3. The van der Waals surface area contributed by atoms with E-state index in [1.54, 1.807) is 0 Å². The molecule has 0 heterocycles. The number of rotatable bonds is 7. The fourth-order valence-electron chi connectivity index (χ4n) is 1.82. The Balaban J connectivity index is 2.55. The van der Waals surface area contributed by atoms with Gasteiger partial charge in [-0.05, 0) is 39.8 Å². The van der Waals surface area contributed by atoms with Crippen molar-refractivity contribution < 1.29 is 9.53 Å². The van der Waals surface area contributed by atoms with Crippen molar-refractivity contribution in [2.24, 2.45) is 0 Å². The van der Waals surface area contributed by atoms with Gasteiger partial charge in [-0.3, -0.25) is 4.79 Å². The second-order valence-electron chi connectivity index (χ2n) is 4.61. The number of hydrogen-bond donors (Lipinski definition) is 1. The number of carbonyl (C=O) groups is 1. The molecule has 0 spiro atoms. The molecule has 4 heteroatoms. The summed E-state index contributed by atoms with van der Waals surface area (Å²) in [5.74, 6) is 0.926. The minimum atomic E-state index is 0.111. The first-order valence-corrected chi connectivity index (χ1v) is 6.85. The molecule has 0 radical (unpaired) electrons. The molecule has 0 aliphatic carbocycles. The molecular weight excluding hydrogens is 240 g/mol. The Bertz CT molecular complexity index is 401. The lowest BCUT2D eigenvalue weighted by Gasteiger charge is -2.19. The van der Waals surface area contributed by atoms with Crippen LogP contribution in [0, 0.1) is 0 Å². The monoisotopic (exact) mass is 264 g/mol. The summed E-state index contributed by atoms with van der Waals surface area (Å²) in [6, 6.07) is 7.68. The number of anilines is 1. The average molecular weight is 264 g/mol. The van der Waals surface area contributed by atoms with E-state index in [1.807, 2.05) is 56.9 Å². The van der Waals surface area contributed by atoms with Gasteiger partial charge in [0.15, 0.2) is 0 Å². The molecule has 0 aliphatic heterocycles. The molecule has 1 amide bonds. The van der Waals surface area contributed by atoms with E-state index in [-0.39, 0.29) is 12.0 Å². The van der Waals surface area contributed by atoms with Crippen LogP contribution in [0.15, 0.2) is 24.3 Å². The Morgan fingerprint density at radius 3 is 2.58 bits per heavy atom. The molecule has 0 bridgehead atoms. The van der Waals surface area contributed by atoms with Crippen LogP contribution in [0.25, 0.3) is 0 Å². The van der Waals surface area contributed by atoms with Gasteiger partial charge >= 0.3 is 0 Å². The molecule has 0 unspecified atom stereocenters. The van der Waals surface area contributed by atoms with Gasteiger partial charge in [-0.25, -0.2) is 0 Å². The van der Waals surface area contributed by atoms with Crippen LogP contribution in [0.1, 0.15) is 27.7 Å². The number of ether oxygens (including phenoxy) is 1. The van der Waals surface area contributed by atoms with E-state index in [1.165, 1.54) is 0 Å². The summed E-state index contributed by atoms with van der Waals surface area (Å²) < 4.78 is 5.62. The summed E-state index contributed by atoms with van der Waals surface area (Å²) in [5.41, 5.74) is 0.902. The van der Waals surface area contributed by atoms with Gasteiger partial charge in [0.05, 0.1) is 12.6 Å². The Kier molecular flexibility index (Phi) is 6.19. The zero-order valence-corrected chi connectivity index (χ0v) is 12.3. The van der Waals surface area contributed by atoms with Crippen molar-refractivity contribution in [3.8, 4) is 5.75 Å².